The maximum atomic E-state index is 6.03. The van der Waals surface area contributed by atoms with Crippen LogP contribution in [0.4, 0.5) is 0 Å². The minimum Gasteiger partial charge on any atom is -0.493 e. The van der Waals surface area contributed by atoms with E-state index in [1.54, 1.807) is 7.05 Å². The van der Waals surface area contributed by atoms with Gasteiger partial charge in [0.05, 0.1) is 12.2 Å². The third kappa shape index (κ3) is 5.29. The van der Waals surface area contributed by atoms with Crippen molar-refractivity contribution >= 4 is 17.6 Å². The number of nitrogens with one attached hydrogen (secondary N) is 2. The van der Waals surface area contributed by atoms with E-state index in [4.69, 9.17) is 21.1 Å². The number of hydrogen-bond acceptors (Lipinski definition) is 3. The van der Waals surface area contributed by atoms with Gasteiger partial charge in [0, 0.05) is 37.3 Å². The molecule has 2 rings (SSSR count). The van der Waals surface area contributed by atoms with Gasteiger partial charge in [-0.25, -0.2) is 0 Å². The molecule has 2 N–H and O–H groups in total. The van der Waals surface area contributed by atoms with Crippen LogP contribution in [0.25, 0.3) is 0 Å². The molecule has 1 aromatic carbocycles. The van der Waals surface area contributed by atoms with Crippen LogP contribution >= 0.6 is 11.6 Å². The number of hydrogen-bond donors (Lipinski definition) is 2. The van der Waals surface area contributed by atoms with E-state index in [-0.39, 0.29) is 5.60 Å². The fraction of sp³-hybridized carbons (Fsp3) is 0.588. The molecule has 1 aromatic rings. The second-order valence-corrected chi connectivity index (χ2v) is 6.30. The number of guanidine groups is 1. The van der Waals surface area contributed by atoms with Crippen LogP contribution in [-0.4, -0.2) is 38.4 Å². The van der Waals surface area contributed by atoms with Gasteiger partial charge in [0.1, 0.15) is 5.75 Å². The molecule has 128 valence electrons. The first-order valence-electron chi connectivity index (χ1n) is 8.06. The highest BCUT2D eigenvalue weighted by molar-refractivity contribution is 6.30. The van der Waals surface area contributed by atoms with Crippen LogP contribution in [0, 0.1) is 0 Å². The van der Waals surface area contributed by atoms with Crippen molar-refractivity contribution in [2.45, 2.75) is 38.8 Å². The van der Waals surface area contributed by atoms with Crippen molar-refractivity contribution in [3.63, 3.8) is 0 Å². The molecule has 1 aliphatic heterocycles. The number of nitrogens with zero attached hydrogens (tertiary/aromatic N) is 1. The third-order valence-corrected chi connectivity index (χ3v) is 4.16. The second kappa shape index (κ2) is 8.41. The quantitative estimate of drug-likeness (QED) is 0.618. The van der Waals surface area contributed by atoms with Gasteiger partial charge in [-0.2, -0.15) is 0 Å². The molecule has 0 saturated carbocycles. The summed E-state index contributed by atoms with van der Waals surface area (Å²) >= 11 is 6.03. The van der Waals surface area contributed by atoms with E-state index in [2.05, 4.69) is 22.5 Å². The van der Waals surface area contributed by atoms with Gasteiger partial charge in [-0.05, 0) is 38.8 Å². The lowest BCUT2D eigenvalue weighted by molar-refractivity contribution is 0.0243. The Morgan fingerprint density at radius 1 is 1.43 bits per heavy atom. The van der Waals surface area contributed by atoms with E-state index in [9.17, 15) is 0 Å². The largest absolute Gasteiger partial charge is 0.493 e. The van der Waals surface area contributed by atoms with Crippen molar-refractivity contribution in [3.8, 4) is 5.75 Å². The summed E-state index contributed by atoms with van der Waals surface area (Å²) in [5.74, 6) is 1.55. The zero-order valence-electron chi connectivity index (χ0n) is 14.1. The van der Waals surface area contributed by atoms with Crippen molar-refractivity contribution in [2.75, 3.05) is 26.8 Å². The highest BCUT2D eigenvalue weighted by Crippen LogP contribution is 2.24. The zero-order chi connectivity index (χ0) is 16.7. The van der Waals surface area contributed by atoms with Crippen molar-refractivity contribution in [1.29, 1.82) is 0 Å². The van der Waals surface area contributed by atoms with Crippen molar-refractivity contribution in [1.82, 2.24) is 10.6 Å². The molecular formula is C17H26ClN3O2. The Labute approximate surface area is 143 Å². The molecule has 1 aliphatic rings. The molecule has 23 heavy (non-hydrogen) atoms. The summed E-state index contributed by atoms with van der Waals surface area (Å²) < 4.78 is 11.4. The summed E-state index contributed by atoms with van der Waals surface area (Å²) in [5, 5.41) is 7.31. The monoisotopic (exact) mass is 339 g/mol. The summed E-state index contributed by atoms with van der Waals surface area (Å²) in [6, 6.07) is 5.67. The minimum absolute atomic E-state index is 0.103. The normalized spacial score (nSPS) is 21.3. The molecule has 1 unspecified atom stereocenters. The summed E-state index contributed by atoms with van der Waals surface area (Å²) in [4.78, 5) is 4.26. The lowest BCUT2D eigenvalue weighted by Crippen LogP contribution is -2.45. The average Bonchev–Trinajstić information content (AvgIpc) is 2.96. The van der Waals surface area contributed by atoms with E-state index >= 15 is 0 Å². The smallest absolute Gasteiger partial charge is 0.191 e. The first kappa shape index (κ1) is 17.9. The van der Waals surface area contributed by atoms with Crippen molar-refractivity contribution in [2.24, 2.45) is 4.99 Å². The molecule has 1 atom stereocenters. The minimum atomic E-state index is -0.103. The molecule has 0 radical (unpaired) electrons. The van der Waals surface area contributed by atoms with E-state index in [0.29, 0.717) is 18.2 Å². The highest BCUT2D eigenvalue weighted by atomic mass is 35.5. The number of ether oxygens (including phenoxy) is 2. The van der Waals surface area contributed by atoms with Gasteiger partial charge in [-0.15, -0.1) is 0 Å². The predicted molar refractivity (Wildman–Crippen MR) is 94.4 cm³/mol. The summed E-state index contributed by atoms with van der Waals surface area (Å²) in [5.41, 5.74) is 0.941. The van der Waals surface area contributed by atoms with E-state index < -0.39 is 0 Å². The summed E-state index contributed by atoms with van der Waals surface area (Å²) in [6.07, 6.45) is 2.19. The van der Waals surface area contributed by atoms with Crippen molar-refractivity contribution in [3.05, 3.63) is 28.8 Å². The Morgan fingerprint density at radius 3 is 2.91 bits per heavy atom. The van der Waals surface area contributed by atoms with Gasteiger partial charge in [0.15, 0.2) is 5.96 Å². The average molecular weight is 340 g/mol. The molecule has 1 fully saturated rings. The van der Waals surface area contributed by atoms with Crippen LogP contribution in [0.5, 0.6) is 5.75 Å². The SMILES string of the molecule is CCOc1cc(Cl)ccc1CNC(=NC)NCC1(C)CCCO1. The molecule has 5 nitrogen and oxygen atoms in total. The van der Waals surface area contributed by atoms with Gasteiger partial charge in [0.25, 0.3) is 0 Å². The standard InChI is InChI=1S/C17H26ClN3O2/c1-4-22-15-10-14(18)7-6-13(15)11-20-16(19-3)21-12-17(2)8-5-9-23-17/h6-7,10H,4-5,8-9,11-12H2,1-3H3,(H2,19,20,21). The van der Waals surface area contributed by atoms with Gasteiger partial charge in [-0.1, -0.05) is 17.7 Å². The molecule has 6 heteroatoms. The van der Waals surface area contributed by atoms with Crippen molar-refractivity contribution < 1.29 is 9.47 Å². The predicted octanol–water partition coefficient (Wildman–Crippen LogP) is 2.97. The summed E-state index contributed by atoms with van der Waals surface area (Å²) in [7, 11) is 1.76. The Kier molecular flexibility index (Phi) is 6.54. The molecule has 0 spiro atoms. The lowest BCUT2D eigenvalue weighted by atomic mass is 10.0. The molecule has 0 aliphatic carbocycles. The van der Waals surface area contributed by atoms with E-state index in [0.717, 1.165) is 43.3 Å². The van der Waals surface area contributed by atoms with Gasteiger partial charge < -0.3 is 20.1 Å². The number of benzene rings is 1. The zero-order valence-corrected chi connectivity index (χ0v) is 14.9. The second-order valence-electron chi connectivity index (χ2n) is 5.87. The molecular weight excluding hydrogens is 314 g/mol. The third-order valence-electron chi connectivity index (χ3n) is 3.93. The lowest BCUT2D eigenvalue weighted by Gasteiger charge is -2.24. The fourth-order valence-electron chi connectivity index (χ4n) is 2.61. The first-order valence-corrected chi connectivity index (χ1v) is 8.44. The van der Waals surface area contributed by atoms with Crippen LogP contribution < -0.4 is 15.4 Å². The van der Waals surface area contributed by atoms with Gasteiger partial charge in [-0.3, -0.25) is 4.99 Å². The van der Waals surface area contributed by atoms with Crippen LogP contribution in [0.3, 0.4) is 0 Å². The van der Waals surface area contributed by atoms with Gasteiger partial charge in [0.2, 0.25) is 0 Å². The molecule has 0 bridgehead atoms. The highest BCUT2D eigenvalue weighted by Gasteiger charge is 2.29. The van der Waals surface area contributed by atoms with Crippen LogP contribution in [0.15, 0.2) is 23.2 Å². The van der Waals surface area contributed by atoms with E-state index in [1.807, 2.05) is 25.1 Å². The Balaban J connectivity index is 1.90. The molecule has 1 heterocycles. The maximum absolute atomic E-state index is 6.03. The van der Waals surface area contributed by atoms with Crippen LogP contribution in [-0.2, 0) is 11.3 Å². The van der Waals surface area contributed by atoms with Crippen LogP contribution in [0.2, 0.25) is 5.02 Å². The molecule has 1 saturated heterocycles. The summed E-state index contributed by atoms with van der Waals surface area (Å²) in [6.45, 7) is 6.89. The first-order chi connectivity index (χ1) is 11.1. The number of halogens is 1. The van der Waals surface area contributed by atoms with Crippen LogP contribution in [0.1, 0.15) is 32.3 Å². The molecule has 0 aromatic heterocycles. The number of aliphatic imine (C=N–C) groups is 1. The fourth-order valence-corrected chi connectivity index (χ4v) is 2.77. The Hall–Kier alpha value is -1.46. The topological polar surface area (TPSA) is 54.9 Å². The van der Waals surface area contributed by atoms with Gasteiger partial charge >= 0.3 is 0 Å². The van der Waals surface area contributed by atoms with E-state index in [1.165, 1.54) is 0 Å². The Morgan fingerprint density at radius 2 is 2.26 bits per heavy atom. The molecule has 0 amide bonds. The number of rotatable bonds is 6. The maximum Gasteiger partial charge on any atom is 0.191 e. The Bertz CT molecular complexity index is 543.